The van der Waals surface area contributed by atoms with Gasteiger partial charge in [0.15, 0.2) is 0 Å². The summed E-state index contributed by atoms with van der Waals surface area (Å²) in [5, 5.41) is 0.0747. The molecule has 5 nitrogen and oxygen atoms in total. The Kier molecular flexibility index (Phi) is 8.65. The van der Waals surface area contributed by atoms with Crippen molar-refractivity contribution >= 4 is 27.5 Å². The first kappa shape index (κ1) is 21.7. The molecule has 0 aromatic heterocycles. The van der Waals surface area contributed by atoms with Crippen LogP contribution in [0.2, 0.25) is 5.02 Å². The molecular weight excluding hydrogens is 369 g/mol. The van der Waals surface area contributed by atoms with Gasteiger partial charge in [-0.3, -0.25) is 4.79 Å². The molecule has 0 spiro atoms. The summed E-state index contributed by atoms with van der Waals surface area (Å²) in [6, 6.07) is 2.10. The minimum Gasteiger partial charge on any atom is -0.489 e. The molecule has 25 heavy (non-hydrogen) atoms. The van der Waals surface area contributed by atoms with Gasteiger partial charge in [-0.2, -0.15) is 0 Å². The molecule has 0 saturated heterocycles. The molecule has 1 saturated carbocycles. The summed E-state index contributed by atoms with van der Waals surface area (Å²) in [5.74, 6) is -1.77. The molecule has 1 aromatic rings. The fraction of sp³-hybridized carbons (Fsp3) is 0.588. The Balaban J connectivity index is 0.000000970. The van der Waals surface area contributed by atoms with E-state index in [-0.39, 0.29) is 16.9 Å². The molecule has 1 aliphatic carbocycles. The summed E-state index contributed by atoms with van der Waals surface area (Å²) >= 11 is 6.01. The molecule has 142 valence electrons. The zero-order valence-electron chi connectivity index (χ0n) is 14.8. The zero-order valence-corrected chi connectivity index (χ0v) is 16.3. The monoisotopic (exact) mass is 393 g/mol. The molecule has 1 aromatic carbocycles. The lowest BCUT2D eigenvalue weighted by molar-refractivity contribution is 0.0977. The molecule has 2 rings (SSSR count). The van der Waals surface area contributed by atoms with Crippen molar-refractivity contribution in [3.63, 3.8) is 0 Å². The third kappa shape index (κ3) is 7.61. The average molecular weight is 394 g/mol. The molecule has 1 N–H and O–H groups in total. The highest BCUT2D eigenvalue weighted by atomic mass is 35.5. The molecule has 0 heterocycles. The summed E-state index contributed by atoms with van der Waals surface area (Å²) in [7, 11) is -3.77. The van der Waals surface area contributed by atoms with Crippen molar-refractivity contribution in [2.75, 3.05) is 6.26 Å². The van der Waals surface area contributed by atoms with E-state index in [0.717, 1.165) is 50.5 Å². The average Bonchev–Trinajstić information content (AvgIpc) is 2.50. The largest absolute Gasteiger partial charge is 0.489 e. The van der Waals surface area contributed by atoms with E-state index < -0.39 is 27.3 Å². The second-order valence-electron chi connectivity index (χ2n) is 6.05. The first-order valence-electron chi connectivity index (χ1n) is 8.35. The van der Waals surface area contributed by atoms with E-state index in [1.807, 2.05) is 0 Å². The number of nitrogens with one attached hydrogen (secondary N) is 1. The molecule has 1 amide bonds. The van der Waals surface area contributed by atoms with Crippen LogP contribution in [0.3, 0.4) is 0 Å². The highest BCUT2D eigenvalue weighted by Gasteiger charge is 2.21. The Labute approximate surface area is 154 Å². The maximum absolute atomic E-state index is 14.0. The fourth-order valence-corrected chi connectivity index (χ4v) is 3.03. The normalized spacial score (nSPS) is 15.1. The lowest BCUT2D eigenvalue weighted by atomic mass is 9.98. The van der Waals surface area contributed by atoms with Crippen LogP contribution in [-0.4, -0.2) is 26.7 Å². The number of hydrogen-bond acceptors (Lipinski definition) is 4. The lowest BCUT2D eigenvalue weighted by Crippen LogP contribution is -2.30. The van der Waals surface area contributed by atoms with Crippen LogP contribution in [-0.2, 0) is 10.0 Å². The quantitative estimate of drug-likeness (QED) is 0.827. The summed E-state index contributed by atoms with van der Waals surface area (Å²) in [5.41, 5.74) is -0.439. The number of sulfonamides is 1. The predicted molar refractivity (Wildman–Crippen MR) is 97.2 cm³/mol. The Morgan fingerprint density at radius 2 is 1.84 bits per heavy atom. The van der Waals surface area contributed by atoms with Crippen LogP contribution in [0.25, 0.3) is 0 Å². The third-order valence-corrected chi connectivity index (χ3v) is 4.24. The molecule has 0 radical (unpaired) electrons. The van der Waals surface area contributed by atoms with E-state index in [1.165, 1.54) is 6.42 Å². The molecular formula is C17H25ClFNO4S. The van der Waals surface area contributed by atoms with E-state index in [2.05, 4.69) is 13.8 Å². The predicted octanol–water partition coefficient (Wildman–Crippen LogP) is 4.30. The highest BCUT2D eigenvalue weighted by molar-refractivity contribution is 7.89. The topological polar surface area (TPSA) is 72.5 Å². The van der Waals surface area contributed by atoms with Gasteiger partial charge in [0.1, 0.15) is 11.6 Å². The van der Waals surface area contributed by atoms with E-state index in [1.54, 1.807) is 4.72 Å². The maximum Gasteiger partial charge on any atom is 0.267 e. The Morgan fingerprint density at radius 3 is 2.36 bits per heavy atom. The van der Waals surface area contributed by atoms with Crippen molar-refractivity contribution in [1.29, 1.82) is 0 Å². The molecule has 0 bridgehead atoms. The van der Waals surface area contributed by atoms with Gasteiger partial charge in [0.25, 0.3) is 5.91 Å². The van der Waals surface area contributed by atoms with Crippen LogP contribution in [0, 0.1) is 5.82 Å². The number of halogens is 2. The first-order chi connectivity index (χ1) is 11.7. The van der Waals surface area contributed by atoms with Crippen LogP contribution in [0.4, 0.5) is 4.39 Å². The van der Waals surface area contributed by atoms with Crippen molar-refractivity contribution in [1.82, 2.24) is 4.72 Å². The number of rotatable bonds is 4. The summed E-state index contributed by atoms with van der Waals surface area (Å²) in [6.45, 7) is 4.25. The van der Waals surface area contributed by atoms with Crippen LogP contribution < -0.4 is 9.46 Å². The summed E-state index contributed by atoms with van der Waals surface area (Å²) in [4.78, 5) is 11.7. The summed E-state index contributed by atoms with van der Waals surface area (Å²) in [6.07, 6.45) is 7.08. The highest BCUT2D eigenvalue weighted by Crippen LogP contribution is 2.31. The third-order valence-electron chi connectivity index (χ3n) is 3.39. The SMILES string of the molecule is CCC.CS(=O)(=O)NC(=O)c1cc(Cl)c(OC2CCCCC2)cc1F. The van der Waals surface area contributed by atoms with Gasteiger partial charge >= 0.3 is 0 Å². The first-order valence-corrected chi connectivity index (χ1v) is 10.6. The van der Waals surface area contributed by atoms with Crippen molar-refractivity contribution in [2.45, 2.75) is 58.5 Å². The van der Waals surface area contributed by atoms with Crippen molar-refractivity contribution in [3.05, 3.63) is 28.5 Å². The molecule has 0 unspecified atom stereocenters. The van der Waals surface area contributed by atoms with Crippen LogP contribution >= 0.6 is 11.6 Å². The number of amides is 1. The second kappa shape index (κ2) is 9.97. The number of ether oxygens (including phenoxy) is 1. The zero-order chi connectivity index (χ0) is 19.0. The second-order valence-corrected chi connectivity index (χ2v) is 8.21. The molecule has 1 fully saturated rings. The molecule has 0 aliphatic heterocycles. The van der Waals surface area contributed by atoms with Gasteiger partial charge in [0.05, 0.1) is 22.9 Å². The van der Waals surface area contributed by atoms with Gasteiger partial charge in [0, 0.05) is 6.07 Å². The molecule has 0 atom stereocenters. The van der Waals surface area contributed by atoms with Crippen molar-refractivity contribution in [3.8, 4) is 5.75 Å². The Bertz CT molecular complexity index is 688. The van der Waals surface area contributed by atoms with E-state index in [9.17, 15) is 17.6 Å². The summed E-state index contributed by atoms with van der Waals surface area (Å²) < 4.78 is 43.5. The van der Waals surface area contributed by atoms with Gasteiger partial charge in [-0.1, -0.05) is 38.3 Å². The smallest absolute Gasteiger partial charge is 0.267 e. The van der Waals surface area contributed by atoms with Crippen molar-refractivity contribution < 1.29 is 22.3 Å². The maximum atomic E-state index is 14.0. The van der Waals surface area contributed by atoms with E-state index >= 15 is 0 Å². The van der Waals surface area contributed by atoms with Crippen LogP contribution in [0.15, 0.2) is 12.1 Å². The Hall–Kier alpha value is -1.34. The van der Waals surface area contributed by atoms with Gasteiger partial charge < -0.3 is 4.74 Å². The van der Waals surface area contributed by atoms with Gasteiger partial charge in [-0.15, -0.1) is 0 Å². The van der Waals surface area contributed by atoms with Crippen molar-refractivity contribution in [2.24, 2.45) is 0 Å². The Morgan fingerprint density at radius 1 is 1.28 bits per heavy atom. The lowest BCUT2D eigenvalue weighted by Gasteiger charge is -2.23. The van der Waals surface area contributed by atoms with E-state index in [0.29, 0.717) is 0 Å². The molecule has 1 aliphatic rings. The van der Waals surface area contributed by atoms with Gasteiger partial charge in [0.2, 0.25) is 10.0 Å². The standard InChI is InChI=1S/C14H17ClFNO4S.C3H8/c1-22(19,20)17-14(18)10-7-11(15)13(8-12(10)16)21-9-5-3-2-4-6-9;1-3-2/h7-9H,2-6H2,1H3,(H,17,18);3H2,1-2H3. The van der Waals surface area contributed by atoms with Gasteiger partial charge in [-0.05, 0) is 31.7 Å². The fourth-order valence-electron chi connectivity index (χ4n) is 2.38. The minimum atomic E-state index is -3.77. The number of carbonyl (C=O) groups excluding carboxylic acids is 1. The number of benzene rings is 1. The van der Waals surface area contributed by atoms with Crippen LogP contribution in [0.1, 0.15) is 62.7 Å². The number of carbonyl (C=O) groups is 1. The van der Waals surface area contributed by atoms with Crippen LogP contribution in [0.5, 0.6) is 5.75 Å². The van der Waals surface area contributed by atoms with Gasteiger partial charge in [-0.25, -0.2) is 17.5 Å². The minimum absolute atomic E-state index is 0.0126. The van der Waals surface area contributed by atoms with E-state index in [4.69, 9.17) is 16.3 Å². The molecule has 8 heteroatoms. The number of hydrogen-bond donors (Lipinski definition) is 1.